The molecule has 2 N–H and O–H groups in total. The van der Waals surface area contributed by atoms with Crippen LogP contribution in [0.15, 0.2) is 0 Å². The lowest BCUT2D eigenvalue weighted by Crippen LogP contribution is -2.39. The van der Waals surface area contributed by atoms with Crippen molar-refractivity contribution in [2.24, 2.45) is 5.14 Å². The predicted molar refractivity (Wildman–Crippen MR) is 96.3 cm³/mol. The van der Waals surface area contributed by atoms with Crippen LogP contribution in [0.4, 0.5) is 9.93 Å². The second-order valence-electron chi connectivity index (χ2n) is 7.44. The molecule has 2 amide bonds. The summed E-state index contributed by atoms with van der Waals surface area (Å²) in [6.07, 6.45) is 0.0448. The van der Waals surface area contributed by atoms with Gasteiger partial charge in [-0.25, -0.2) is 23.3 Å². The fraction of sp³-hybridized carbons (Fsp3) is 0.667. The molecule has 144 valence electrons. The standard InChI is InChI=1S/C15H22N4O5S2/c1-15(2,3)24-14(21)18-5-4-10-11(8-18)25-13(17-10)19-7-9(6-12(19)20)26(16,22)23/h9H,4-8H2,1-3H3,(H2,16,22,23). The Morgan fingerprint density at radius 2 is 2.08 bits per heavy atom. The smallest absolute Gasteiger partial charge is 0.410 e. The molecule has 1 aromatic heterocycles. The molecule has 1 unspecified atom stereocenters. The summed E-state index contributed by atoms with van der Waals surface area (Å²) < 4.78 is 28.4. The van der Waals surface area contributed by atoms with Crippen LogP contribution in [0.3, 0.4) is 0 Å². The average molecular weight is 402 g/mol. The van der Waals surface area contributed by atoms with Crippen molar-refractivity contribution >= 4 is 38.5 Å². The fourth-order valence-corrected chi connectivity index (χ4v) is 4.74. The van der Waals surface area contributed by atoms with E-state index in [2.05, 4.69) is 4.98 Å². The second-order valence-corrected chi connectivity index (χ2v) is 10.3. The molecule has 11 heteroatoms. The van der Waals surface area contributed by atoms with Crippen LogP contribution in [0.1, 0.15) is 37.8 Å². The molecule has 1 atom stereocenters. The lowest BCUT2D eigenvalue weighted by atomic mass is 10.2. The Hall–Kier alpha value is -1.72. The molecule has 0 aliphatic carbocycles. The number of rotatable bonds is 2. The largest absolute Gasteiger partial charge is 0.444 e. The lowest BCUT2D eigenvalue weighted by molar-refractivity contribution is -0.117. The van der Waals surface area contributed by atoms with Crippen LogP contribution in [0.2, 0.25) is 0 Å². The Bertz CT molecular complexity index is 843. The quantitative estimate of drug-likeness (QED) is 0.782. The Balaban J connectivity index is 1.74. The molecule has 1 aromatic rings. The summed E-state index contributed by atoms with van der Waals surface area (Å²) in [5.41, 5.74) is 0.262. The summed E-state index contributed by atoms with van der Waals surface area (Å²) in [5, 5.41) is 4.71. The predicted octanol–water partition coefficient (Wildman–Crippen LogP) is 0.830. The van der Waals surface area contributed by atoms with Gasteiger partial charge in [-0.2, -0.15) is 0 Å². The van der Waals surface area contributed by atoms with Crippen molar-refractivity contribution in [1.82, 2.24) is 9.88 Å². The first-order valence-electron chi connectivity index (χ1n) is 8.22. The third-order valence-electron chi connectivity index (χ3n) is 4.16. The monoisotopic (exact) mass is 402 g/mol. The third kappa shape index (κ3) is 3.99. The first kappa shape index (κ1) is 19.1. The Morgan fingerprint density at radius 3 is 2.65 bits per heavy atom. The summed E-state index contributed by atoms with van der Waals surface area (Å²) in [5.74, 6) is -0.306. The van der Waals surface area contributed by atoms with Gasteiger partial charge < -0.3 is 9.64 Å². The van der Waals surface area contributed by atoms with Gasteiger partial charge in [0.1, 0.15) is 10.9 Å². The van der Waals surface area contributed by atoms with Crippen molar-refractivity contribution in [2.75, 3.05) is 18.0 Å². The van der Waals surface area contributed by atoms with E-state index >= 15 is 0 Å². The zero-order valence-corrected chi connectivity index (χ0v) is 16.5. The van der Waals surface area contributed by atoms with Crippen molar-refractivity contribution in [1.29, 1.82) is 0 Å². The number of hydrogen-bond acceptors (Lipinski definition) is 7. The van der Waals surface area contributed by atoms with Gasteiger partial charge in [-0.3, -0.25) is 9.69 Å². The number of nitrogens with zero attached hydrogens (tertiary/aromatic N) is 3. The molecule has 26 heavy (non-hydrogen) atoms. The van der Waals surface area contributed by atoms with Gasteiger partial charge in [-0.1, -0.05) is 11.3 Å². The number of anilines is 1. The van der Waals surface area contributed by atoms with Gasteiger partial charge in [0.15, 0.2) is 5.13 Å². The molecular formula is C15H22N4O5S2. The van der Waals surface area contributed by atoms with E-state index < -0.39 is 20.9 Å². The molecule has 0 saturated carbocycles. The number of nitrogens with two attached hydrogens (primary N) is 1. The maximum Gasteiger partial charge on any atom is 0.410 e. The highest BCUT2D eigenvalue weighted by Gasteiger charge is 2.39. The van der Waals surface area contributed by atoms with Gasteiger partial charge in [0.2, 0.25) is 15.9 Å². The molecule has 3 heterocycles. The van der Waals surface area contributed by atoms with Crippen molar-refractivity contribution in [3.8, 4) is 0 Å². The average Bonchev–Trinajstić information content (AvgIpc) is 3.06. The first-order chi connectivity index (χ1) is 11.9. The summed E-state index contributed by atoms with van der Waals surface area (Å²) in [6.45, 7) is 6.30. The number of hydrogen-bond donors (Lipinski definition) is 1. The maximum absolute atomic E-state index is 12.2. The van der Waals surface area contributed by atoms with Crippen LogP contribution in [-0.2, 0) is 32.5 Å². The topological polar surface area (TPSA) is 123 Å². The summed E-state index contributed by atoms with van der Waals surface area (Å²) >= 11 is 1.30. The SMILES string of the molecule is CC(C)(C)OC(=O)N1CCc2nc(N3CC(S(N)(=O)=O)CC3=O)sc2C1. The van der Waals surface area contributed by atoms with E-state index in [0.29, 0.717) is 24.6 Å². The van der Waals surface area contributed by atoms with E-state index in [0.717, 1.165) is 10.6 Å². The molecule has 1 fully saturated rings. The Labute approximate surface area is 156 Å². The van der Waals surface area contributed by atoms with Crippen LogP contribution in [0.5, 0.6) is 0 Å². The number of sulfonamides is 1. The minimum Gasteiger partial charge on any atom is -0.444 e. The molecule has 0 bridgehead atoms. The number of fused-ring (bicyclic) bond motifs is 1. The van der Waals surface area contributed by atoms with Crippen molar-refractivity contribution in [3.05, 3.63) is 10.6 Å². The zero-order chi connectivity index (χ0) is 19.3. The number of carbonyl (C=O) groups excluding carboxylic acids is 2. The van der Waals surface area contributed by atoms with Crippen molar-refractivity contribution < 1.29 is 22.7 Å². The van der Waals surface area contributed by atoms with Crippen molar-refractivity contribution in [3.63, 3.8) is 0 Å². The Morgan fingerprint density at radius 1 is 1.38 bits per heavy atom. The zero-order valence-electron chi connectivity index (χ0n) is 14.9. The van der Waals surface area contributed by atoms with Gasteiger partial charge in [0.25, 0.3) is 0 Å². The summed E-state index contributed by atoms with van der Waals surface area (Å²) in [6, 6.07) is 0. The molecule has 0 spiro atoms. The van der Waals surface area contributed by atoms with Crippen LogP contribution >= 0.6 is 11.3 Å². The minimum absolute atomic E-state index is 0.0137. The normalized spacial score (nSPS) is 21.1. The van der Waals surface area contributed by atoms with E-state index in [4.69, 9.17) is 9.88 Å². The van der Waals surface area contributed by atoms with Crippen LogP contribution in [-0.4, -0.2) is 54.2 Å². The minimum atomic E-state index is -3.77. The number of amides is 2. The van der Waals surface area contributed by atoms with E-state index in [1.54, 1.807) is 4.90 Å². The van der Waals surface area contributed by atoms with Crippen LogP contribution < -0.4 is 10.0 Å². The molecule has 2 aliphatic rings. The highest BCUT2D eigenvalue weighted by Crippen LogP contribution is 2.34. The van der Waals surface area contributed by atoms with Crippen LogP contribution in [0.25, 0.3) is 0 Å². The molecule has 0 radical (unpaired) electrons. The Kier molecular flexibility index (Phi) is 4.74. The van der Waals surface area contributed by atoms with E-state index in [-0.39, 0.29) is 25.0 Å². The number of thiazole rings is 1. The molecule has 9 nitrogen and oxygen atoms in total. The summed E-state index contributed by atoms with van der Waals surface area (Å²) in [4.78, 5) is 32.7. The highest BCUT2D eigenvalue weighted by atomic mass is 32.2. The number of aromatic nitrogens is 1. The first-order valence-corrected chi connectivity index (χ1v) is 10.6. The van der Waals surface area contributed by atoms with Gasteiger partial charge in [0, 0.05) is 30.8 Å². The maximum atomic E-state index is 12.2. The second kappa shape index (κ2) is 6.46. The molecule has 3 rings (SSSR count). The highest BCUT2D eigenvalue weighted by molar-refractivity contribution is 7.89. The van der Waals surface area contributed by atoms with E-state index in [1.807, 2.05) is 20.8 Å². The fourth-order valence-electron chi connectivity index (χ4n) is 2.86. The van der Waals surface area contributed by atoms with E-state index in [1.165, 1.54) is 16.2 Å². The van der Waals surface area contributed by atoms with Gasteiger partial charge in [0.05, 0.1) is 12.2 Å². The van der Waals surface area contributed by atoms with Crippen molar-refractivity contribution in [2.45, 2.75) is 51.0 Å². The summed E-state index contributed by atoms with van der Waals surface area (Å²) in [7, 11) is -3.77. The van der Waals surface area contributed by atoms with Gasteiger partial charge in [-0.15, -0.1) is 0 Å². The number of carbonyl (C=O) groups is 2. The molecular weight excluding hydrogens is 380 g/mol. The molecule has 0 aromatic carbocycles. The lowest BCUT2D eigenvalue weighted by Gasteiger charge is -2.29. The van der Waals surface area contributed by atoms with Gasteiger partial charge in [-0.05, 0) is 20.8 Å². The number of primary sulfonamides is 1. The van der Waals surface area contributed by atoms with E-state index in [9.17, 15) is 18.0 Å². The molecule has 2 aliphatic heterocycles. The number of ether oxygens (including phenoxy) is 1. The van der Waals surface area contributed by atoms with Gasteiger partial charge >= 0.3 is 6.09 Å². The third-order valence-corrected chi connectivity index (χ3v) is 6.51. The van der Waals surface area contributed by atoms with Crippen LogP contribution in [0, 0.1) is 0 Å². The molecule has 1 saturated heterocycles.